The zero-order valence-corrected chi connectivity index (χ0v) is 21.8. The van der Waals surface area contributed by atoms with Gasteiger partial charge in [0.25, 0.3) is 0 Å². The predicted octanol–water partition coefficient (Wildman–Crippen LogP) is 4.53. The standard InChI is InChI=1S/C31H22N2O8/c1-32-31(33-2,17-3-7-19(8-4-17)38-21-11-13-23-25(15-21)29(36)40-27(23)34)18-5-9-20(10-6-18)39-22-12-14-24-26(16-22)30(37)41-28(24)35/h3-16,32-33H,1-2H3. The third-order valence-electron chi connectivity index (χ3n) is 7.03. The molecule has 2 aliphatic rings. The minimum absolute atomic E-state index is 0.176. The number of fused-ring (bicyclic) bond motifs is 2. The van der Waals surface area contributed by atoms with Gasteiger partial charge in [-0.1, -0.05) is 24.3 Å². The number of ether oxygens (including phenoxy) is 4. The number of esters is 4. The normalized spacial score (nSPS) is 13.9. The molecule has 6 rings (SSSR count). The summed E-state index contributed by atoms with van der Waals surface area (Å²) in [5, 5.41) is 6.70. The van der Waals surface area contributed by atoms with Crippen molar-refractivity contribution in [2.75, 3.05) is 14.1 Å². The second kappa shape index (κ2) is 10.0. The molecule has 0 aromatic heterocycles. The second-order valence-electron chi connectivity index (χ2n) is 9.27. The van der Waals surface area contributed by atoms with E-state index in [2.05, 4.69) is 20.1 Å². The van der Waals surface area contributed by atoms with E-state index >= 15 is 0 Å². The summed E-state index contributed by atoms with van der Waals surface area (Å²) < 4.78 is 21.1. The minimum Gasteiger partial charge on any atom is -0.457 e. The first-order chi connectivity index (χ1) is 19.8. The molecule has 2 N–H and O–H groups in total. The largest absolute Gasteiger partial charge is 0.457 e. The van der Waals surface area contributed by atoms with Crippen molar-refractivity contribution in [1.29, 1.82) is 0 Å². The van der Waals surface area contributed by atoms with Crippen LogP contribution < -0.4 is 20.1 Å². The van der Waals surface area contributed by atoms with Crippen LogP contribution in [0, 0.1) is 0 Å². The fraction of sp³-hybridized carbons (Fsp3) is 0.0968. The van der Waals surface area contributed by atoms with Gasteiger partial charge >= 0.3 is 23.9 Å². The fourth-order valence-corrected chi connectivity index (χ4v) is 4.94. The van der Waals surface area contributed by atoms with E-state index < -0.39 is 29.5 Å². The summed E-state index contributed by atoms with van der Waals surface area (Å²) in [6, 6.07) is 24.0. The molecular formula is C31H22N2O8. The average Bonchev–Trinajstić information content (AvgIpc) is 3.43. The highest BCUT2D eigenvalue weighted by Gasteiger charge is 2.32. The lowest BCUT2D eigenvalue weighted by atomic mass is 9.91. The molecule has 0 radical (unpaired) electrons. The maximum absolute atomic E-state index is 11.9. The fourth-order valence-electron chi connectivity index (χ4n) is 4.94. The van der Waals surface area contributed by atoms with Crippen LogP contribution in [-0.4, -0.2) is 38.0 Å². The van der Waals surface area contributed by atoms with Crippen LogP contribution in [0.25, 0.3) is 0 Å². The molecule has 204 valence electrons. The number of benzene rings is 4. The molecular weight excluding hydrogens is 528 g/mol. The summed E-state index contributed by atoms with van der Waals surface area (Å²) in [4.78, 5) is 47.1. The van der Waals surface area contributed by atoms with E-state index in [-0.39, 0.29) is 22.3 Å². The van der Waals surface area contributed by atoms with Gasteiger partial charge in [-0.3, -0.25) is 10.6 Å². The van der Waals surface area contributed by atoms with Gasteiger partial charge in [0.05, 0.1) is 22.3 Å². The van der Waals surface area contributed by atoms with Crippen LogP contribution in [0.15, 0.2) is 84.9 Å². The number of hydrogen-bond acceptors (Lipinski definition) is 10. The topological polar surface area (TPSA) is 129 Å². The minimum atomic E-state index is -0.758. The molecule has 2 heterocycles. The van der Waals surface area contributed by atoms with Crippen molar-refractivity contribution in [3.63, 3.8) is 0 Å². The third-order valence-corrected chi connectivity index (χ3v) is 7.03. The summed E-state index contributed by atoms with van der Waals surface area (Å²) in [6.45, 7) is 0. The van der Waals surface area contributed by atoms with Gasteiger partial charge < -0.3 is 18.9 Å². The summed E-state index contributed by atoms with van der Waals surface area (Å²) in [5.41, 5.74) is 1.82. The molecule has 0 unspecified atom stereocenters. The van der Waals surface area contributed by atoms with Crippen molar-refractivity contribution >= 4 is 23.9 Å². The van der Waals surface area contributed by atoms with Crippen LogP contribution in [0.1, 0.15) is 52.6 Å². The smallest absolute Gasteiger partial charge is 0.347 e. The van der Waals surface area contributed by atoms with Crippen molar-refractivity contribution in [2.45, 2.75) is 5.66 Å². The summed E-state index contributed by atoms with van der Waals surface area (Å²) >= 11 is 0. The number of cyclic esters (lactones) is 4. The highest BCUT2D eigenvalue weighted by molar-refractivity contribution is 6.15. The Morgan fingerprint density at radius 3 is 1.20 bits per heavy atom. The Balaban J connectivity index is 1.20. The summed E-state index contributed by atoms with van der Waals surface area (Å²) in [6.07, 6.45) is 0. The molecule has 10 nitrogen and oxygen atoms in total. The summed E-state index contributed by atoms with van der Waals surface area (Å²) in [5.74, 6) is -0.829. The van der Waals surface area contributed by atoms with Gasteiger partial charge in [-0.25, -0.2) is 19.2 Å². The van der Waals surface area contributed by atoms with Crippen molar-refractivity contribution < 1.29 is 38.1 Å². The lowest BCUT2D eigenvalue weighted by Crippen LogP contribution is -2.51. The van der Waals surface area contributed by atoms with E-state index in [4.69, 9.17) is 9.47 Å². The first-order valence-electron chi connectivity index (χ1n) is 12.6. The molecule has 0 atom stereocenters. The Labute approximate surface area is 233 Å². The molecule has 41 heavy (non-hydrogen) atoms. The number of hydrogen-bond donors (Lipinski definition) is 2. The lowest BCUT2D eigenvalue weighted by Gasteiger charge is -2.34. The van der Waals surface area contributed by atoms with Crippen LogP contribution in [0.3, 0.4) is 0 Å². The molecule has 10 heteroatoms. The Bertz CT molecular complexity index is 1600. The SMILES string of the molecule is CNC(NC)(c1ccc(Oc2ccc3c(c2)C(=O)OC3=O)cc1)c1ccc(Oc2ccc3c(c2)C(=O)OC3=O)cc1. The molecule has 0 amide bonds. The quantitative estimate of drug-likeness (QED) is 0.183. The van der Waals surface area contributed by atoms with Crippen LogP contribution in [-0.2, 0) is 15.1 Å². The Morgan fingerprint density at radius 2 is 0.829 bits per heavy atom. The van der Waals surface area contributed by atoms with Gasteiger partial charge in [0.15, 0.2) is 0 Å². The Morgan fingerprint density at radius 1 is 0.488 bits per heavy atom. The number of nitrogens with one attached hydrogen (secondary N) is 2. The molecule has 0 fully saturated rings. The predicted molar refractivity (Wildman–Crippen MR) is 144 cm³/mol. The van der Waals surface area contributed by atoms with E-state index in [0.29, 0.717) is 23.0 Å². The van der Waals surface area contributed by atoms with Crippen LogP contribution >= 0.6 is 0 Å². The van der Waals surface area contributed by atoms with Gasteiger partial charge in [-0.05, 0) is 85.9 Å². The maximum Gasteiger partial charge on any atom is 0.347 e. The van der Waals surface area contributed by atoms with E-state index in [1.807, 2.05) is 38.4 Å². The molecule has 0 bridgehead atoms. The van der Waals surface area contributed by atoms with Crippen molar-refractivity contribution in [3.8, 4) is 23.0 Å². The zero-order chi connectivity index (χ0) is 28.7. The number of rotatable bonds is 8. The molecule has 4 aromatic carbocycles. The summed E-state index contributed by atoms with van der Waals surface area (Å²) in [7, 11) is 3.67. The van der Waals surface area contributed by atoms with Crippen LogP contribution in [0.2, 0.25) is 0 Å². The Kier molecular flexibility index (Phi) is 6.33. The van der Waals surface area contributed by atoms with E-state index in [1.54, 1.807) is 36.4 Å². The molecule has 0 saturated heterocycles. The highest BCUT2D eigenvalue weighted by atomic mass is 16.6. The van der Waals surface area contributed by atoms with E-state index in [0.717, 1.165) is 11.1 Å². The lowest BCUT2D eigenvalue weighted by molar-refractivity contribution is 0.0425. The third kappa shape index (κ3) is 4.50. The van der Waals surface area contributed by atoms with Crippen LogP contribution in [0.5, 0.6) is 23.0 Å². The van der Waals surface area contributed by atoms with Gasteiger partial charge in [-0.2, -0.15) is 0 Å². The monoisotopic (exact) mass is 550 g/mol. The van der Waals surface area contributed by atoms with Gasteiger partial charge in [0.2, 0.25) is 0 Å². The highest BCUT2D eigenvalue weighted by Crippen LogP contribution is 2.33. The maximum atomic E-state index is 11.9. The first kappa shape index (κ1) is 25.9. The zero-order valence-electron chi connectivity index (χ0n) is 21.8. The van der Waals surface area contributed by atoms with Gasteiger partial charge in [0, 0.05) is 0 Å². The number of carbonyl (C=O) groups excluding carboxylic acids is 4. The van der Waals surface area contributed by atoms with Crippen molar-refractivity contribution in [2.24, 2.45) is 0 Å². The second-order valence-corrected chi connectivity index (χ2v) is 9.27. The molecule has 0 spiro atoms. The van der Waals surface area contributed by atoms with Crippen molar-refractivity contribution in [1.82, 2.24) is 10.6 Å². The number of carbonyl (C=O) groups is 4. The molecule has 0 aliphatic carbocycles. The van der Waals surface area contributed by atoms with E-state index in [1.165, 1.54) is 24.3 Å². The average molecular weight is 551 g/mol. The molecule has 4 aromatic rings. The molecule has 2 aliphatic heterocycles. The molecule has 0 saturated carbocycles. The first-order valence-corrected chi connectivity index (χ1v) is 12.6. The van der Waals surface area contributed by atoms with Crippen LogP contribution in [0.4, 0.5) is 0 Å². The van der Waals surface area contributed by atoms with E-state index in [9.17, 15) is 19.2 Å². The van der Waals surface area contributed by atoms with Crippen molar-refractivity contribution in [3.05, 3.63) is 118 Å². The Hall–Kier alpha value is -5.32. The van der Waals surface area contributed by atoms with Gasteiger partial charge in [-0.15, -0.1) is 0 Å². The van der Waals surface area contributed by atoms with Gasteiger partial charge in [0.1, 0.15) is 28.7 Å².